The molecule has 1 unspecified atom stereocenters. The van der Waals surface area contributed by atoms with Crippen molar-refractivity contribution in [3.05, 3.63) is 165 Å². The molecular formula is C74H99BrCl3FN12O12S4. The first-order valence-corrected chi connectivity index (χ1v) is 37.1. The number of rotatable bonds is 13. The molecule has 0 fully saturated rings. The molecule has 0 amide bonds. The highest BCUT2D eigenvalue weighted by Gasteiger charge is 2.25. The Bertz CT molecular complexity index is 3790. The summed E-state index contributed by atoms with van der Waals surface area (Å²) >= 11 is 20.1. The summed E-state index contributed by atoms with van der Waals surface area (Å²) in [5.74, 6) is 10.5. The minimum absolute atomic E-state index is 0. The number of nitrogens with two attached hydrogens (primary N) is 1. The molecule has 0 aliphatic carbocycles. The summed E-state index contributed by atoms with van der Waals surface area (Å²) in [6, 6.07) is 14.9. The Balaban J connectivity index is 0.000000321. The van der Waals surface area contributed by atoms with Crippen LogP contribution in [-0.2, 0) is 0 Å². The largest absolute Gasteiger partial charge is 0.484 e. The SMILES string of the molecule is C=C(Br)CC.C=C(CC)c1ccnc2c1OCCO2.CCC(C)c1ccnc2c1OCCO2.CC[C@@H](C)c1ccnc2c1OCCO2.CSF.C[C@H](CN)c1ccnc2c1OCCO2.C[C@H](CNc1cc(Cl)ncn1)c1ccnc2c1OCCO2.Cc1ccnc2c1OCCO2.Clc1cc(Cl)ncn1.S.S.S. The van der Waals surface area contributed by atoms with Gasteiger partial charge in [0.05, 0.1) is 0 Å². The quantitative estimate of drug-likeness (QED) is 0.101. The summed E-state index contributed by atoms with van der Waals surface area (Å²) in [6.45, 7) is 34.9. The van der Waals surface area contributed by atoms with Crippen molar-refractivity contribution in [2.75, 3.05) is 104 Å². The highest BCUT2D eigenvalue weighted by atomic mass is 79.9. The Morgan fingerprint density at radius 2 is 0.757 bits per heavy atom. The fraction of sp³-hybridized carbons (Fsp3) is 0.432. The van der Waals surface area contributed by atoms with Crippen LogP contribution >= 0.6 is 103 Å². The van der Waals surface area contributed by atoms with Crippen molar-refractivity contribution in [2.45, 2.75) is 112 Å². The first-order chi connectivity index (χ1) is 50.4. The summed E-state index contributed by atoms with van der Waals surface area (Å²) in [7, 11) is 0. The molecule has 4 atom stereocenters. The van der Waals surface area contributed by atoms with Crippen LogP contribution in [0.15, 0.2) is 116 Å². The predicted octanol–water partition coefficient (Wildman–Crippen LogP) is 17.3. The molecule has 0 saturated carbocycles. The molecule has 107 heavy (non-hydrogen) atoms. The van der Waals surface area contributed by atoms with Crippen LogP contribution in [-0.4, -0.2) is 148 Å². The lowest BCUT2D eigenvalue weighted by molar-refractivity contribution is 0.162. The van der Waals surface area contributed by atoms with E-state index in [4.69, 9.17) is 97.4 Å². The van der Waals surface area contributed by atoms with Gasteiger partial charge in [-0.3, -0.25) is 0 Å². The van der Waals surface area contributed by atoms with Crippen molar-refractivity contribution in [3.63, 3.8) is 0 Å². The predicted molar refractivity (Wildman–Crippen MR) is 440 cm³/mol. The van der Waals surface area contributed by atoms with Gasteiger partial charge in [-0.05, 0) is 109 Å². The van der Waals surface area contributed by atoms with E-state index in [1.165, 1.54) is 36.1 Å². The van der Waals surface area contributed by atoms with Crippen LogP contribution in [0.3, 0.4) is 0 Å². The molecule has 8 aromatic rings. The molecule has 6 aliphatic heterocycles. The van der Waals surface area contributed by atoms with E-state index in [9.17, 15) is 3.89 Å². The van der Waals surface area contributed by atoms with Gasteiger partial charge in [0.15, 0.2) is 34.5 Å². The zero-order valence-electron chi connectivity index (χ0n) is 61.9. The van der Waals surface area contributed by atoms with Crippen molar-refractivity contribution in [2.24, 2.45) is 5.73 Å². The van der Waals surface area contributed by atoms with Gasteiger partial charge < -0.3 is 67.9 Å². The molecule has 33 heteroatoms. The average Bonchev–Trinajstić information content (AvgIpc) is 0.838. The monoisotopic (exact) mass is 1680 g/mol. The summed E-state index contributed by atoms with van der Waals surface area (Å²) in [6.07, 6.45) is 18.7. The van der Waals surface area contributed by atoms with Gasteiger partial charge in [0.2, 0.25) is 0 Å². The number of nitrogens with one attached hydrogen (secondary N) is 1. The number of halogens is 5. The number of hydrogen-bond donors (Lipinski definition) is 2. The number of aromatic nitrogens is 10. The molecule has 0 bridgehead atoms. The summed E-state index contributed by atoms with van der Waals surface area (Å²) in [4.78, 5) is 39.9. The maximum atomic E-state index is 10.2. The van der Waals surface area contributed by atoms with Gasteiger partial charge in [-0.2, -0.15) is 44.4 Å². The van der Waals surface area contributed by atoms with Gasteiger partial charge in [-0.25, -0.2) is 49.8 Å². The number of pyridine rings is 6. The third-order valence-corrected chi connectivity index (χ3v) is 16.9. The fourth-order valence-electron chi connectivity index (χ4n) is 9.62. The first-order valence-electron chi connectivity index (χ1n) is 34.0. The van der Waals surface area contributed by atoms with Crippen LogP contribution in [0.4, 0.5) is 9.70 Å². The Labute approximate surface area is 676 Å². The zero-order valence-corrected chi connectivity index (χ0v) is 69.6. The fourth-order valence-corrected chi connectivity index (χ4v) is 10.1. The third-order valence-electron chi connectivity index (χ3n) is 15.7. The van der Waals surface area contributed by atoms with Gasteiger partial charge in [0.1, 0.15) is 113 Å². The molecule has 8 aromatic heterocycles. The molecule has 0 aromatic carbocycles. The summed E-state index contributed by atoms with van der Waals surface area (Å²) < 4.78 is 76.9. The van der Waals surface area contributed by atoms with E-state index in [2.05, 4.69) is 140 Å². The second-order valence-corrected chi connectivity index (χ2v) is 25.6. The molecule has 0 saturated heterocycles. The Hall–Kier alpha value is -7.42. The Morgan fingerprint density at radius 1 is 0.458 bits per heavy atom. The number of anilines is 1. The van der Waals surface area contributed by atoms with E-state index in [-0.39, 0.29) is 64.5 Å². The maximum Gasteiger partial charge on any atom is 0.257 e. The third kappa shape index (κ3) is 30.5. The van der Waals surface area contributed by atoms with Crippen molar-refractivity contribution in [3.8, 4) is 69.8 Å². The molecule has 586 valence electrons. The number of allylic oxidation sites excluding steroid dienone is 2. The minimum Gasteiger partial charge on any atom is -0.484 e. The summed E-state index contributed by atoms with van der Waals surface area (Å²) in [5, 5.41) is 4.38. The second kappa shape index (κ2) is 51.8. The van der Waals surface area contributed by atoms with E-state index >= 15 is 0 Å². The molecular weight excluding hydrogens is 1580 g/mol. The van der Waals surface area contributed by atoms with Crippen LogP contribution in [0.25, 0.3) is 5.57 Å². The van der Waals surface area contributed by atoms with Crippen molar-refractivity contribution in [1.82, 2.24) is 49.8 Å². The normalized spacial score (nSPS) is 13.8. The standard InChI is InChI=1S/C14H15ClN4O2.2C11H15NO2.C11H13NO2.C10H14N2O2.C8H9NO2.C4H7Br.C4H2Cl2N2.CH3FS.3H2S/c1-9(7-17-12-6-11(15)18-8-19-12)10-2-3-16-14-13(10)20-4-5-21-14;3*1-3-8(2)9-4-5-12-11-10(9)13-6-7-14-11;1-7(6-11)8-2-3-12-10-9(8)13-4-5-14-10;1-6-2-3-9-8-7(6)10-4-5-11-8;1-3-4(2)5;5-3-1-4(6)8-2-7-3;1-3-2;;;/h2-3,6,8-9H,4-5,7H2,1H3,(H,17,18,19);2*4-5,8H,3,6-7H2,1-2H3;4-5H,2-3,6-7H2,1H3;2-3,7H,4-6,11H2,1H3;2-3H,4-5H2,1H3;2-3H2,1H3;1-2H;1H3;3*1H2/t9-;8-;;;7-;;;;;;;/m11..1......./s1. The van der Waals surface area contributed by atoms with Crippen LogP contribution in [0, 0.1) is 6.92 Å². The molecule has 6 aliphatic rings. The Morgan fingerprint density at radius 3 is 1.08 bits per heavy atom. The van der Waals surface area contributed by atoms with Gasteiger partial charge in [-0.15, -0.1) is 0 Å². The molecule has 3 N–H and O–H groups in total. The second-order valence-electron chi connectivity index (χ2n) is 23.0. The minimum atomic E-state index is 0. The van der Waals surface area contributed by atoms with Gasteiger partial charge in [0, 0.05) is 108 Å². The number of fused-ring (bicyclic) bond motifs is 6. The van der Waals surface area contributed by atoms with E-state index in [0.29, 0.717) is 161 Å². The van der Waals surface area contributed by atoms with Gasteiger partial charge in [-0.1, -0.05) is 119 Å². The lowest BCUT2D eigenvalue weighted by atomic mass is 9.99. The molecule has 24 nitrogen and oxygen atoms in total. The van der Waals surface area contributed by atoms with E-state index in [1.54, 1.807) is 43.2 Å². The van der Waals surface area contributed by atoms with E-state index in [1.807, 2.05) is 43.3 Å². The number of hydrogen-bond acceptors (Lipinski definition) is 25. The van der Waals surface area contributed by atoms with Gasteiger partial charge in [0.25, 0.3) is 35.3 Å². The molecule has 0 spiro atoms. The lowest BCUT2D eigenvalue weighted by Crippen LogP contribution is -2.19. The zero-order chi connectivity index (χ0) is 75.2. The highest BCUT2D eigenvalue weighted by Crippen LogP contribution is 2.41. The lowest BCUT2D eigenvalue weighted by Gasteiger charge is -2.22. The number of nitrogens with zero attached hydrogens (tertiary/aromatic N) is 10. The first kappa shape index (κ1) is 93.8. The highest BCUT2D eigenvalue weighted by molar-refractivity contribution is 9.11. The van der Waals surface area contributed by atoms with Crippen LogP contribution in [0.2, 0.25) is 15.5 Å². The smallest absolute Gasteiger partial charge is 0.257 e. The average molecular weight is 1680 g/mol. The molecule has 0 radical (unpaired) electrons. The van der Waals surface area contributed by atoms with E-state index in [0.717, 1.165) is 92.5 Å². The van der Waals surface area contributed by atoms with E-state index < -0.39 is 0 Å². The van der Waals surface area contributed by atoms with Crippen LogP contribution in [0.1, 0.15) is 138 Å². The van der Waals surface area contributed by atoms with Crippen LogP contribution < -0.4 is 67.9 Å². The van der Waals surface area contributed by atoms with Crippen molar-refractivity contribution in [1.29, 1.82) is 0 Å². The van der Waals surface area contributed by atoms with Gasteiger partial charge >= 0.3 is 0 Å². The number of ether oxygens (including phenoxy) is 12. The maximum absolute atomic E-state index is 10.2. The number of aryl methyl sites for hydroxylation is 1. The molecule has 14 rings (SSSR count). The Kier molecular flexibility index (Phi) is 45.4. The van der Waals surface area contributed by atoms with Crippen molar-refractivity contribution >= 4 is 115 Å². The van der Waals surface area contributed by atoms with Crippen molar-refractivity contribution < 1.29 is 60.7 Å². The topological polar surface area (TPSA) is 278 Å². The molecule has 14 heterocycles. The van der Waals surface area contributed by atoms with Crippen LogP contribution in [0.5, 0.6) is 69.8 Å². The summed E-state index contributed by atoms with van der Waals surface area (Å²) in [5.41, 5.74) is 13.3.